The van der Waals surface area contributed by atoms with Gasteiger partial charge in [-0.25, -0.2) is 0 Å². The minimum absolute atomic E-state index is 0.115. The highest BCUT2D eigenvalue weighted by Crippen LogP contribution is 2.17. The van der Waals surface area contributed by atoms with E-state index in [-0.39, 0.29) is 11.8 Å². The van der Waals surface area contributed by atoms with Crippen molar-refractivity contribution >= 4 is 5.91 Å². The average Bonchev–Trinajstić information content (AvgIpc) is 3.31. The molecule has 0 saturated carbocycles. The highest BCUT2D eigenvalue weighted by atomic mass is 16.5. The summed E-state index contributed by atoms with van der Waals surface area (Å²) in [6, 6.07) is 3.71. The third kappa shape index (κ3) is 5.33. The molecule has 134 valence electrons. The molecule has 1 N–H and O–H groups in total. The Kier molecular flexibility index (Phi) is 6.69. The van der Waals surface area contributed by atoms with Crippen LogP contribution in [0.25, 0.3) is 0 Å². The van der Waals surface area contributed by atoms with Gasteiger partial charge in [0.2, 0.25) is 5.91 Å². The first-order chi connectivity index (χ1) is 11.8. The van der Waals surface area contributed by atoms with Crippen LogP contribution in [0.4, 0.5) is 0 Å². The predicted molar refractivity (Wildman–Crippen MR) is 89.5 cm³/mol. The number of amides is 1. The maximum Gasteiger partial charge on any atom is 0.223 e. The molecule has 6 nitrogen and oxygen atoms in total. The number of piperidine rings is 1. The molecule has 24 heavy (non-hydrogen) atoms. The van der Waals surface area contributed by atoms with E-state index >= 15 is 0 Å². The summed E-state index contributed by atoms with van der Waals surface area (Å²) in [4.78, 5) is 14.6. The molecule has 3 rings (SSSR count). The lowest BCUT2D eigenvalue weighted by Gasteiger charge is -2.31. The molecule has 1 amide bonds. The lowest BCUT2D eigenvalue weighted by atomic mass is 9.96. The summed E-state index contributed by atoms with van der Waals surface area (Å²) in [5.41, 5.74) is 0. The summed E-state index contributed by atoms with van der Waals surface area (Å²) in [6.07, 6.45) is 6.03. The minimum Gasteiger partial charge on any atom is -0.467 e. The van der Waals surface area contributed by atoms with Crippen LogP contribution in [0.15, 0.2) is 22.8 Å². The fraction of sp³-hybridized carbons (Fsp3) is 0.722. The van der Waals surface area contributed by atoms with E-state index in [2.05, 4.69) is 10.2 Å². The van der Waals surface area contributed by atoms with E-state index in [1.165, 1.54) is 0 Å². The number of nitrogens with one attached hydrogen (secondary N) is 1. The first-order valence-corrected chi connectivity index (χ1v) is 9.03. The van der Waals surface area contributed by atoms with Crippen LogP contribution in [0.2, 0.25) is 0 Å². The molecule has 1 atom stereocenters. The second kappa shape index (κ2) is 9.20. The van der Waals surface area contributed by atoms with Crippen molar-refractivity contribution in [3.05, 3.63) is 24.2 Å². The zero-order valence-electron chi connectivity index (χ0n) is 14.2. The molecule has 0 bridgehead atoms. The fourth-order valence-corrected chi connectivity index (χ4v) is 3.33. The van der Waals surface area contributed by atoms with Crippen LogP contribution >= 0.6 is 0 Å². The molecule has 0 aromatic carbocycles. The molecule has 0 unspecified atom stereocenters. The van der Waals surface area contributed by atoms with E-state index in [1.807, 2.05) is 12.1 Å². The second-order valence-electron chi connectivity index (χ2n) is 6.62. The number of hydrogen-bond acceptors (Lipinski definition) is 5. The Balaban J connectivity index is 1.25. The van der Waals surface area contributed by atoms with Gasteiger partial charge < -0.3 is 24.1 Å². The van der Waals surface area contributed by atoms with Gasteiger partial charge in [-0.15, -0.1) is 0 Å². The topological polar surface area (TPSA) is 63.9 Å². The van der Waals surface area contributed by atoms with Crippen LogP contribution in [0.5, 0.6) is 0 Å². The highest BCUT2D eigenvalue weighted by molar-refractivity contribution is 5.78. The fourth-order valence-electron chi connectivity index (χ4n) is 3.33. The summed E-state index contributed by atoms with van der Waals surface area (Å²) >= 11 is 0. The Morgan fingerprint density at radius 2 is 2.21 bits per heavy atom. The van der Waals surface area contributed by atoms with Crippen LogP contribution in [-0.4, -0.2) is 56.4 Å². The van der Waals surface area contributed by atoms with Crippen molar-refractivity contribution in [2.45, 2.75) is 38.3 Å². The van der Waals surface area contributed by atoms with Gasteiger partial charge in [-0.1, -0.05) is 0 Å². The van der Waals surface area contributed by atoms with Gasteiger partial charge in [0.15, 0.2) is 0 Å². The Hall–Kier alpha value is -1.37. The molecule has 1 aromatic rings. The predicted octanol–water partition coefficient (Wildman–Crippen LogP) is 1.80. The minimum atomic E-state index is 0.115. The third-order valence-electron chi connectivity index (χ3n) is 4.85. The smallest absolute Gasteiger partial charge is 0.223 e. The first kappa shape index (κ1) is 17.5. The number of likely N-dealkylation sites (tertiary alicyclic amines) is 1. The molecule has 2 aliphatic heterocycles. The maximum absolute atomic E-state index is 12.2. The summed E-state index contributed by atoms with van der Waals surface area (Å²) in [6.45, 7) is 5.67. The summed E-state index contributed by atoms with van der Waals surface area (Å²) < 4.78 is 16.5. The standard InChI is InChI=1S/C18H28N2O4/c21-18(19-13-16-3-1-10-23-16)15-5-7-20(8-6-15)9-12-22-14-17-4-2-11-24-17/h1,3,10,15,17H,2,4-9,11-14H2,(H,19,21)/t17-/m1/s1. The third-order valence-corrected chi connectivity index (χ3v) is 4.85. The van der Waals surface area contributed by atoms with E-state index in [1.54, 1.807) is 6.26 Å². The Labute approximate surface area is 143 Å². The molecular weight excluding hydrogens is 308 g/mol. The molecule has 6 heteroatoms. The van der Waals surface area contributed by atoms with Crippen LogP contribution in [0.3, 0.4) is 0 Å². The molecule has 1 aromatic heterocycles. The van der Waals surface area contributed by atoms with Gasteiger partial charge in [0, 0.05) is 19.1 Å². The Morgan fingerprint density at radius 3 is 2.92 bits per heavy atom. The molecular formula is C18H28N2O4. The van der Waals surface area contributed by atoms with E-state index < -0.39 is 0 Å². The maximum atomic E-state index is 12.2. The number of rotatable bonds is 8. The van der Waals surface area contributed by atoms with Gasteiger partial charge in [0.05, 0.1) is 32.1 Å². The lowest BCUT2D eigenvalue weighted by Crippen LogP contribution is -2.41. The number of ether oxygens (including phenoxy) is 2. The van der Waals surface area contributed by atoms with Gasteiger partial charge in [-0.3, -0.25) is 4.79 Å². The van der Waals surface area contributed by atoms with Gasteiger partial charge in [-0.05, 0) is 50.9 Å². The molecule has 2 fully saturated rings. The number of carbonyl (C=O) groups is 1. The first-order valence-electron chi connectivity index (χ1n) is 9.03. The molecule has 0 radical (unpaired) electrons. The van der Waals surface area contributed by atoms with Crippen molar-refractivity contribution in [3.8, 4) is 0 Å². The van der Waals surface area contributed by atoms with Crippen LogP contribution in [0.1, 0.15) is 31.4 Å². The van der Waals surface area contributed by atoms with E-state index in [4.69, 9.17) is 13.9 Å². The van der Waals surface area contributed by atoms with Crippen molar-refractivity contribution in [2.24, 2.45) is 5.92 Å². The molecule has 2 saturated heterocycles. The van der Waals surface area contributed by atoms with Gasteiger partial charge in [-0.2, -0.15) is 0 Å². The number of hydrogen-bond donors (Lipinski definition) is 1. The number of carbonyl (C=O) groups excluding carboxylic acids is 1. The summed E-state index contributed by atoms with van der Waals surface area (Å²) in [7, 11) is 0. The number of nitrogens with zero attached hydrogens (tertiary/aromatic N) is 1. The molecule has 0 aliphatic carbocycles. The molecule has 3 heterocycles. The SMILES string of the molecule is O=C(NCc1ccco1)C1CCN(CCOC[C@H]2CCCO2)CC1. The average molecular weight is 336 g/mol. The highest BCUT2D eigenvalue weighted by Gasteiger charge is 2.24. The van der Waals surface area contributed by atoms with E-state index in [0.717, 1.165) is 64.3 Å². The van der Waals surface area contributed by atoms with Gasteiger partial charge in [0.1, 0.15) is 5.76 Å². The quantitative estimate of drug-likeness (QED) is 0.734. The van der Waals surface area contributed by atoms with Crippen molar-refractivity contribution in [3.63, 3.8) is 0 Å². The molecule has 2 aliphatic rings. The van der Waals surface area contributed by atoms with Crippen molar-refractivity contribution in [1.82, 2.24) is 10.2 Å². The monoisotopic (exact) mass is 336 g/mol. The largest absolute Gasteiger partial charge is 0.467 e. The summed E-state index contributed by atoms with van der Waals surface area (Å²) in [5, 5.41) is 2.96. The van der Waals surface area contributed by atoms with Crippen LogP contribution in [-0.2, 0) is 20.8 Å². The Bertz CT molecular complexity index is 477. The second-order valence-corrected chi connectivity index (χ2v) is 6.62. The molecule has 0 spiro atoms. The van der Waals surface area contributed by atoms with Crippen LogP contribution < -0.4 is 5.32 Å². The normalized spacial score (nSPS) is 22.8. The number of furan rings is 1. The van der Waals surface area contributed by atoms with Crippen molar-refractivity contribution < 1.29 is 18.7 Å². The van der Waals surface area contributed by atoms with E-state index in [0.29, 0.717) is 19.3 Å². The Morgan fingerprint density at radius 1 is 1.33 bits per heavy atom. The van der Waals surface area contributed by atoms with Crippen molar-refractivity contribution in [1.29, 1.82) is 0 Å². The lowest BCUT2D eigenvalue weighted by molar-refractivity contribution is -0.126. The van der Waals surface area contributed by atoms with Crippen molar-refractivity contribution in [2.75, 3.05) is 39.5 Å². The summed E-state index contributed by atoms with van der Waals surface area (Å²) in [5.74, 6) is 1.05. The zero-order valence-corrected chi connectivity index (χ0v) is 14.2. The zero-order chi connectivity index (χ0) is 16.6. The van der Waals surface area contributed by atoms with E-state index in [9.17, 15) is 4.79 Å². The van der Waals surface area contributed by atoms with Gasteiger partial charge >= 0.3 is 0 Å². The van der Waals surface area contributed by atoms with Gasteiger partial charge in [0.25, 0.3) is 0 Å². The van der Waals surface area contributed by atoms with Crippen LogP contribution in [0, 0.1) is 5.92 Å².